The Morgan fingerprint density at radius 3 is 1.35 bits per heavy atom. The summed E-state index contributed by atoms with van der Waals surface area (Å²) >= 11 is 0. The van der Waals surface area contributed by atoms with Crippen LogP contribution >= 0.6 is 0 Å². The minimum absolute atomic E-state index is 0.0344. The Morgan fingerprint density at radius 2 is 0.956 bits per heavy atom. The molecule has 0 aromatic heterocycles. The number of fused-ring (bicyclic) bond motifs is 1. The number of alkyl carbamates (subject to hydrolysis) is 4. The van der Waals surface area contributed by atoms with Crippen molar-refractivity contribution in [3.8, 4) is 23.0 Å². The first-order valence-electron chi connectivity index (χ1n) is 40.6. The Kier molecular flexibility index (Phi) is 61.3. The lowest BCUT2D eigenvalue weighted by Crippen LogP contribution is -2.43. The van der Waals surface area contributed by atoms with Gasteiger partial charge in [0.25, 0.3) is 17.7 Å². The number of ether oxygens (including phenoxy) is 9. The van der Waals surface area contributed by atoms with Crippen LogP contribution in [0.3, 0.4) is 0 Å². The van der Waals surface area contributed by atoms with Crippen LogP contribution in [0.25, 0.3) is 0 Å². The normalized spacial score (nSPS) is 13.1. The van der Waals surface area contributed by atoms with Gasteiger partial charge in [-0.1, -0.05) is 0 Å². The van der Waals surface area contributed by atoms with Gasteiger partial charge in [0, 0.05) is 192 Å². The lowest BCUT2D eigenvalue weighted by molar-refractivity contribution is -0.954. The second-order valence-electron chi connectivity index (χ2n) is 27.4. The number of aromatic hydroxyl groups is 1. The number of carbonyl (C=O) groups is 5. The van der Waals surface area contributed by atoms with E-state index in [0.29, 0.717) is 139 Å². The van der Waals surface area contributed by atoms with E-state index in [2.05, 4.69) is 36.4 Å². The summed E-state index contributed by atoms with van der Waals surface area (Å²) in [6, 6.07) is 15.1. The Hall–Kier alpha value is -10.8. The number of benzene rings is 4. The summed E-state index contributed by atoms with van der Waals surface area (Å²) < 4.78 is 124. The topological polar surface area (TPSA) is 617 Å². The van der Waals surface area contributed by atoms with Crippen molar-refractivity contribution in [2.75, 3.05) is 180 Å². The van der Waals surface area contributed by atoms with Gasteiger partial charge >= 0.3 is 80.3 Å². The zero-order chi connectivity index (χ0) is 103. The number of aliphatic hydroxyl groups is 2. The van der Waals surface area contributed by atoms with Crippen LogP contribution in [0, 0.1) is 47.6 Å². The molecule has 2 aliphatic rings. The number of amides is 4. The van der Waals surface area contributed by atoms with E-state index in [4.69, 9.17) is 124 Å². The number of nitrogens with two attached hydrogens (primary N) is 1. The van der Waals surface area contributed by atoms with Gasteiger partial charge in [-0.15, -0.1) is 15.0 Å². The van der Waals surface area contributed by atoms with Gasteiger partial charge < -0.3 is 141 Å². The number of carbonyl (C=O) groups excluding carboxylic acids is 7. The van der Waals surface area contributed by atoms with Crippen LogP contribution in [-0.4, -0.2) is 297 Å². The Bertz CT molecular complexity index is 4430. The third kappa shape index (κ3) is 41.4. The highest BCUT2D eigenvalue weighted by atomic mass is 28.4. The van der Waals surface area contributed by atoms with Gasteiger partial charge in [0.2, 0.25) is 11.2 Å². The van der Waals surface area contributed by atoms with Crippen LogP contribution in [0.2, 0.25) is 30.2 Å². The lowest BCUT2D eigenvalue weighted by atomic mass is 10.0. The summed E-state index contributed by atoms with van der Waals surface area (Å²) in [6.07, 6.45) is 2.44. The van der Waals surface area contributed by atoms with Crippen LogP contribution in [0.1, 0.15) is 101 Å². The molecule has 0 bridgehead atoms. The van der Waals surface area contributed by atoms with Crippen molar-refractivity contribution in [1.82, 2.24) is 21.3 Å². The van der Waals surface area contributed by atoms with E-state index in [-0.39, 0.29) is 69.2 Å². The molecule has 0 radical (unpaired) electrons. The number of nitroso groups, excluding NO2 is 2. The molecule has 4 amide bonds. The van der Waals surface area contributed by atoms with Crippen molar-refractivity contribution in [3.05, 3.63) is 148 Å². The van der Waals surface area contributed by atoms with Crippen molar-refractivity contribution >= 4 is 109 Å². The summed E-state index contributed by atoms with van der Waals surface area (Å²) in [6.45, 7) is 10.5. The summed E-state index contributed by atoms with van der Waals surface area (Å²) in [5.41, 5.74) is 10.7. The minimum Gasteiger partial charge on any atom is -0.584 e. The molecule has 4 aromatic rings. The number of aliphatic hydroxyl groups excluding tert-OH is 1. The maximum atomic E-state index is 12.1. The first kappa shape index (κ1) is 124. The van der Waals surface area contributed by atoms with E-state index < -0.39 is 85.9 Å². The second-order valence-corrected chi connectivity index (χ2v) is 42.9. The average Bonchev–Trinajstić information content (AvgIpc) is 1.63. The molecular formula is C80H132N10O40Si5+2. The van der Waals surface area contributed by atoms with Crippen LogP contribution in [0.4, 0.5) is 41.9 Å². The fourth-order valence-electron chi connectivity index (χ4n) is 12.0. The summed E-state index contributed by atoms with van der Waals surface area (Å²) in [5, 5.41) is 66.3. The number of nitro groups is 1. The van der Waals surface area contributed by atoms with Gasteiger partial charge in [-0.25, -0.2) is 29.6 Å². The molecule has 50 nitrogen and oxygen atoms in total. The Morgan fingerprint density at radius 1 is 0.556 bits per heavy atom. The van der Waals surface area contributed by atoms with Gasteiger partial charge in [0.15, 0.2) is 13.4 Å². The summed E-state index contributed by atoms with van der Waals surface area (Å²) in [5.74, 6) is 2.73. The quantitative estimate of drug-likeness (QED) is 0.00169. The number of hydrogen-bond donors (Lipinski definition) is 9. The molecule has 0 spiro atoms. The zero-order valence-corrected chi connectivity index (χ0v) is 85.7. The van der Waals surface area contributed by atoms with Gasteiger partial charge in [-0.2, -0.15) is 14.4 Å². The predicted octanol–water partition coefficient (Wildman–Crippen LogP) is 10.2. The first-order chi connectivity index (χ1) is 64.3. The highest BCUT2D eigenvalue weighted by Gasteiger charge is 2.42. The molecule has 760 valence electrons. The molecule has 135 heavy (non-hydrogen) atoms. The number of aldehydes is 1. The van der Waals surface area contributed by atoms with Gasteiger partial charge in [0.1, 0.15) is 52.9 Å². The number of aryl methyl sites for hydroxylation is 4. The first-order valence-corrected chi connectivity index (χ1v) is 50.2. The SMILES string of the molecule is COC1=C/C(=C\OC(=O)NCCC[Si](OC)(OC)OC)C(=[N+](O)O)C=C1C.CO[Si](CCCN)(OC)OC.CO[Si](CCCNC(=O)OC1ON(O)c2cc(C)c([OH+]C)cc21)(OC)OC.COc1cc(C(O)OC(=O)NCCC[Si](OC)(OC)OC)c(N=O)cc1C.COc1cc(C=O)c(N=O)cc1C.COc1cc(COC(=O)NCCC[Si](OC)(OC)OC)c([N+](=O)[O-])cc1C.O=C=O. The number of nitrogens with one attached hydrogen (secondary N) is 4. The van der Waals surface area contributed by atoms with Crippen molar-refractivity contribution < 1.29 is 178 Å². The maximum absolute atomic E-state index is 12.1. The molecule has 0 saturated heterocycles. The molecule has 6 rings (SSSR count). The van der Waals surface area contributed by atoms with Crippen molar-refractivity contribution in [2.45, 2.75) is 116 Å². The highest BCUT2D eigenvalue weighted by molar-refractivity contribution is 6.62. The minimum atomic E-state index is -2.70. The summed E-state index contributed by atoms with van der Waals surface area (Å²) in [4.78, 5) is 111. The van der Waals surface area contributed by atoms with Crippen molar-refractivity contribution in [1.29, 1.82) is 0 Å². The average molecular weight is 2010 g/mol. The van der Waals surface area contributed by atoms with Crippen molar-refractivity contribution in [2.24, 2.45) is 16.1 Å². The molecule has 11 N–H and O–H groups in total. The number of hydrogen-bond acceptors (Lipinski definition) is 43. The number of anilines is 1. The number of rotatable bonds is 49. The number of nitrogens with zero attached hydrogens (tertiary/aromatic N) is 5. The molecule has 0 fully saturated rings. The molecule has 1 aliphatic carbocycles. The third-order valence-corrected chi connectivity index (χ3v) is 33.8. The molecule has 55 heteroatoms. The molecule has 1 aliphatic heterocycles. The fraction of sp³-hybridized carbons (Fsp3) is 0.537. The standard InChI is InChI=1S/4C16H26N2O8Si.C9H9NO3.C6H17NO3Si.CO2/c1-11-9-13-12(10-14(11)21-2)15(26-18(13)20)25-16(19)17-7-6-8-27(22-3,23-4)24-5;2*1-12-9-14(18(20)21)13(10-15(12)22-2)11-26-16(19)17-7-6-8-27(23-3,24-4)25-5;1-11-9-13(18-21)12(10-14(11)22-2)15(19)26-16(20)17-7-6-8-27(23-3,24-4)25-5;1-6-3-8(10-12)7(5-11)4-9(6)13-2;1-8-11(9-2,10-3)6-4-5-7;2-1-3/h9-10,15,20H,6-8H2,1-5H3,(H,17,19);9-10H,6-8,11H2,1-5H3,(H,17,19);9-11H,6-8H2,1-5H3,(H2-,17,19,20,21);9-10,15,19H,6-8H2,1-5H3,(H,17,20);3-5H,1-2H3;4-7H2,1-3H3;/p+2/b;;13-11+;;;;. The van der Waals surface area contributed by atoms with Crippen LogP contribution in [0.5, 0.6) is 23.0 Å². The zero-order valence-electron chi connectivity index (χ0n) is 80.7. The molecule has 2 unspecified atom stereocenters. The number of methoxy groups -OCH3 is 4. The third-order valence-electron chi connectivity index (χ3n) is 19.6. The van der Waals surface area contributed by atoms with E-state index in [1.165, 1.54) is 162 Å². The molecule has 2 atom stereocenters. The van der Waals surface area contributed by atoms with E-state index >= 15 is 0 Å². The highest BCUT2D eigenvalue weighted by Crippen LogP contribution is 2.42. The number of allylic oxidation sites excluding steroid dienone is 4. The van der Waals surface area contributed by atoms with E-state index in [9.17, 15) is 64.6 Å². The molecule has 4 aromatic carbocycles. The predicted molar refractivity (Wildman–Crippen MR) is 490 cm³/mol. The van der Waals surface area contributed by atoms with Gasteiger partial charge in [0.05, 0.1) is 55.6 Å². The monoisotopic (exact) mass is 2010 g/mol. The number of nitro benzene ring substituents is 1. The van der Waals surface area contributed by atoms with Crippen LogP contribution in [-0.2, 0) is 111 Å². The maximum Gasteiger partial charge on any atom is 0.500 e. The van der Waals surface area contributed by atoms with E-state index in [0.717, 1.165) is 35.6 Å². The fourth-order valence-corrected chi connectivity index (χ4v) is 20.7. The van der Waals surface area contributed by atoms with Gasteiger partial charge in [-0.05, 0) is 148 Å². The van der Waals surface area contributed by atoms with E-state index in [1.54, 1.807) is 68.3 Å². The lowest BCUT2D eigenvalue weighted by Gasteiger charge is -2.24. The Balaban J connectivity index is 0.00000162. The largest absolute Gasteiger partial charge is 0.584 e. The smallest absolute Gasteiger partial charge is 0.500 e. The summed E-state index contributed by atoms with van der Waals surface area (Å²) in [7, 11) is 17.6. The second kappa shape index (κ2) is 66.6. The van der Waals surface area contributed by atoms with Crippen LogP contribution < -0.4 is 46.4 Å². The molecule has 1 heterocycles. The molecular weight excluding hydrogens is 1880 g/mol. The molecule has 0 saturated carbocycles. The van der Waals surface area contributed by atoms with Crippen molar-refractivity contribution in [3.63, 3.8) is 0 Å². The van der Waals surface area contributed by atoms with Crippen LogP contribution in [0.15, 0.2) is 94.2 Å². The van der Waals surface area contributed by atoms with Gasteiger partial charge in [-0.3, -0.25) is 20.1 Å². The Labute approximate surface area is 788 Å². The van der Waals surface area contributed by atoms with E-state index in [1.807, 2.05) is 6.92 Å².